The molecule has 7 nitrogen and oxygen atoms in total. The van der Waals surface area contributed by atoms with E-state index < -0.39 is 10.9 Å². The zero-order valence-electron chi connectivity index (χ0n) is 13.8. The largest absolute Gasteiger partial charge is 0.496 e. The van der Waals surface area contributed by atoms with Gasteiger partial charge in [0.2, 0.25) is 5.75 Å². The molecule has 0 bridgehead atoms. The van der Waals surface area contributed by atoms with Crippen LogP contribution in [0.2, 0.25) is 0 Å². The van der Waals surface area contributed by atoms with Crippen molar-refractivity contribution < 1.29 is 19.2 Å². The second kappa shape index (κ2) is 7.43. The van der Waals surface area contributed by atoms with E-state index in [2.05, 4.69) is 4.98 Å². The van der Waals surface area contributed by atoms with Crippen LogP contribution in [0.15, 0.2) is 60.8 Å². The van der Waals surface area contributed by atoms with E-state index in [1.54, 1.807) is 12.3 Å². The number of nitro groups is 1. The molecular weight excluding hydrogens is 336 g/mol. The topological polar surface area (TPSA) is 91.6 Å². The minimum atomic E-state index is -0.730. The van der Waals surface area contributed by atoms with Gasteiger partial charge in [0.1, 0.15) is 5.75 Å². The van der Waals surface area contributed by atoms with Crippen LogP contribution in [0.4, 0.5) is 5.69 Å². The second-order valence-electron chi connectivity index (χ2n) is 5.27. The Kier molecular flexibility index (Phi) is 4.89. The smallest absolute Gasteiger partial charge is 0.336 e. The molecule has 0 aliphatic carbocycles. The van der Waals surface area contributed by atoms with Crippen LogP contribution in [-0.2, 0) is 4.79 Å². The van der Waals surface area contributed by atoms with Gasteiger partial charge in [-0.2, -0.15) is 0 Å². The Bertz CT molecular complexity index is 1010. The van der Waals surface area contributed by atoms with Crippen molar-refractivity contribution in [2.24, 2.45) is 0 Å². The number of rotatable bonds is 5. The molecule has 0 saturated carbocycles. The van der Waals surface area contributed by atoms with Gasteiger partial charge in [-0.3, -0.25) is 15.1 Å². The summed E-state index contributed by atoms with van der Waals surface area (Å²) in [5, 5.41) is 12.1. The fourth-order valence-electron chi connectivity index (χ4n) is 2.42. The van der Waals surface area contributed by atoms with Crippen molar-refractivity contribution in [3.8, 4) is 11.5 Å². The first-order valence-electron chi connectivity index (χ1n) is 7.64. The number of esters is 1. The zero-order valence-corrected chi connectivity index (χ0v) is 13.8. The average Bonchev–Trinajstić information content (AvgIpc) is 2.66. The Morgan fingerprint density at radius 3 is 2.77 bits per heavy atom. The Morgan fingerprint density at radius 2 is 2.00 bits per heavy atom. The SMILES string of the molecule is COc1ccc(OC(=O)/C=C/c2cccc3cccnc23)c([N+](=O)[O-])c1. The van der Waals surface area contributed by atoms with E-state index in [9.17, 15) is 14.9 Å². The molecule has 3 rings (SSSR count). The summed E-state index contributed by atoms with van der Waals surface area (Å²) in [4.78, 5) is 26.9. The predicted molar refractivity (Wildman–Crippen MR) is 96.1 cm³/mol. The molecule has 0 saturated heterocycles. The molecule has 3 aromatic rings. The van der Waals surface area contributed by atoms with Gasteiger partial charge in [0.25, 0.3) is 0 Å². The lowest BCUT2D eigenvalue weighted by molar-refractivity contribution is -0.385. The fourth-order valence-corrected chi connectivity index (χ4v) is 2.42. The highest BCUT2D eigenvalue weighted by atomic mass is 16.6. The third-order valence-corrected chi connectivity index (χ3v) is 3.64. The fraction of sp³-hybridized carbons (Fsp3) is 0.0526. The van der Waals surface area contributed by atoms with E-state index in [1.165, 1.54) is 31.4 Å². The number of carbonyl (C=O) groups excluding carboxylic acids is 1. The highest BCUT2D eigenvalue weighted by Crippen LogP contribution is 2.31. The number of hydrogen-bond acceptors (Lipinski definition) is 6. The van der Waals surface area contributed by atoms with Crippen molar-refractivity contribution >= 4 is 28.6 Å². The first-order chi connectivity index (χ1) is 12.6. The van der Waals surface area contributed by atoms with E-state index in [-0.39, 0.29) is 11.4 Å². The number of benzene rings is 2. The van der Waals surface area contributed by atoms with Crippen LogP contribution >= 0.6 is 0 Å². The monoisotopic (exact) mass is 350 g/mol. The van der Waals surface area contributed by atoms with Gasteiger partial charge in [-0.15, -0.1) is 0 Å². The van der Waals surface area contributed by atoms with Crippen LogP contribution < -0.4 is 9.47 Å². The van der Waals surface area contributed by atoms with Gasteiger partial charge in [0.05, 0.1) is 23.6 Å². The number of methoxy groups -OCH3 is 1. The molecule has 2 aromatic carbocycles. The van der Waals surface area contributed by atoms with Gasteiger partial charge in [-0.05, 0) is 24.3 Å². The van der Waals surface area contributed by atoms with E-state index >= 15 is 0 Å². The number of nitrogens with zero attached hydrogens (tertiary/aromatic N) is 2. The van der Waals surface area contributed by atoms with Crippen molar-refractivity contribution in [2.45, 2.75) is 0 Å². The van der Waals surface area contributed by atoms with Crippen LogP contribution in [0, 0.1) is 10.1 Å². The van der Waals surface area contributed by atoms with Gasteiger partial charge in [-0.25, -0.2) is 4.79 Å². The van der Waals surface area contributed by atoms with E-state index in [0.29, 0.717) is 5.75 Å². The minimum Gasteiger partial charge on any atom is -0.496 e. The van der Waals surface area contributed by atoms with E-state index in [0.717, 1.165) is 16.5 Å². The van der Waals surface area contributed by atoms with Gasteiger partial charge < -0.3 is 9.47 Å². The second-order valence-corrected chi connectivity index (χ2v) is 5.27. The van der Waals surface area contributed by atoms with Gasteiger partial charge in [0.15, 0.2) is 0 Å². The standard InChI is InChI=1S/C19H14N2O5/c1-25-15-8-9-17(16(12-15)21(23)24)26-18(22)10-7-14-5-2-4-13-6-3-11-20-19(13)14/h2-12H,1H3/b10-7+. The van der Waals surface area contributed by atoms with Gasteiger partial charge >= 0.3 is 11.7 Å². The molecule has 0 fully saturated rings. The van der Waals surface area contributed by atoms with Crippen molar-refractivity contribution in [2.75, 3.05) is 7.11 Å². The summed E-state index contributed by atoms with van der Waals surface area (Å²) in [6, 6.07) is 13.3. The molecule has 26 heavy (non-hydrogen) atoms. The van der Waals surface area contributed by atoms with Crippen molar-refractivity contribution in [3.05, 3.63) is 76.5 Å². The normalized spacial score (nSPS) is 10.8. The number of fused-ring (bicyclic) bond motifs is 1. The summed E-state index contributed by atoms with van der Waals surface area (Å²) in [5.74, 6) is -0.582. The highest BCUT2D eigenvalue weighted by molar-refractivity contribution is 5.93. The molecule has 7 heteroatoms. The van der Waals surface area contributed by atoms with Crippen molar-refractivity contribution in [1.82, 2.24) is 4.98 Å². The van der Waals surface area contributed by atoms with E-state index in [1.807, 2.05) is 30.3 Å². The average molecular weight is 350 g/mol. The lowest BCUT2D eigenvalue weighted by Gasteiger charge is -2.05. The Hall–Kier alpha value is -3.74. The maximum Gasteiger partial charge on any atom is 0.336 e. The number of carbonyl (C=O) groups is 1. The predicted octanol–water partition coefficient (Wildman–Crippen LogP) is 3.77. The summed E-state index contributed by atoms with van der Waals surface area (Å²) in [7, 11) is 1.39. The lowest BCUT2D eigenvalue weighted by atomic mass is 10.1. The van der Waals surface area contributed by atoms with Gasteiger partial charge in [-0.1, -0.05) is 24.3 Å². The quantitative estimate of drug-likeness (QED) is 0.229. The van der Waals surface area contributed by atoms with Crippen LogP contribution in [-0.4, -0.2) is 23.0 Å². The molecule has 1 heterocycles. The Morgan fingerprint density at radius 1 is 1.19 bits per heavy atom. The first kappa shape index (κ1) is 17.1. The lowest BCUT2D eigenvalue weighted by Crippen LogP contribution is -2.06. The van der Waals surface area contributed by atoms with Crippen LogP contribution in [0.5, 0.6) is 11.5 Å². The summed E-state index contributed by atoms with van der Waals surface area (Å²) in [6.07, 6.45) is 4.43. The molecule has 0 aliphatic heterocycles. The molecule has 0 radical (unpaired) electrons. The summed E-state index contributed by atoms with van der Waals surface area (Å²) < 4.78 is 10.0. The molecule has 0 spiro atoms. The maximum absolute atomic E-state index is 12.1. The van der Waals surface area contributed by atoms with Crippen molar-refractivity contribution in [1.29, 1.82) is 0 Å². The molecule has 1 aromatic heterocycles. The van der Waals surface area contributed by atoms with Crippen LogP contribution in [0.3, 0.4) is 0 Å². The highest BCUT2D eigenvalue weighted by Gasteiger charge is 2.18. The Balaban J connectivity index is 1.83. The number of hydrogen-bond donors (Lipinski definition) is 0. The molecule has 0 N–H and O–H groups in total. The zero-order chi connectivity index (χ0) is 18.5. The minimum absolute atomic E-state index is 0.151. The summed E-state index contributed by atoms with van der Waals surface area (Å²) in [6.45, 7) is 0. The molecule has 0 amide bonds. The number of ether oxygens (including phenoxy) is 2. The van der Waals surface area contributed by atoms with Crippen LogP contribution in [0.25, 0.3) is 17.0 Å². The number of para-hydroxylation sites is 1. The number of nitro benzene ring substituents is 1. The molecule has 0 unspecified atom stereocenters. The van der Waals surface area contributed by atoms with Crippen molar-refractivity contribution in [3.63, 3.8) is 0 Å². The number of pyridine rings is 1. The molecule has 130 valence electrons. The van der Waals surface area contributed by atoms with Gasteiger partial charge in [0, 0.05) is 23.2 Å². The third kappa shape index (κ3) is 3.67. The molecule has 0 aliphatic rings. The first-order valence-corrected chi connectivity index (χ1v) is 7.64. The van der Waals surface area contributed by atoms with Crippen LogP contribution in [0.1, 0.15) is 5.56 Å². The number of aromatic nitrogens is 1. The van der Waals surface area contributed by atoms with E-state index in [4.69, 9.17) is 9.47 Å². The Labute approximate surface area is 148 Å². The summed E-state index contributed by atoms with van der Waals surface area (Å²) in [5.41, 5.74) is 1.14. The summed E-state index contributed by atoms with van der Waals surface area (Å²) >= 11 is 0. The molecular formula is C19H14N2O5. The molecule has 0 atom stereocenters. The third-order valence-electron chi connectivity index (χ3n) is 3.64. The maximum atomic E-state index is 12.1.